The monoisotopic (exact) mass is 231 g/mol. The van der Waals surface area contributed by atoms with Crippen molar-refractivity contribution >= 4 is 17.4 Å². The minimum absolute atomic E-state index is 0.105. The number of ether oxygens (including phenoxy) is 1. The van der Waals surface area contributed by atoms with Crippen LogP contribution in [0.4, 0.5) is 5.69 Å². The number of anilines is 1. The summed E-state index contributed by atoms with van der Waals surface area (Å²) in [5.74, 6) is 0.596. The summed E-state index contributed by atoms with van der Waals surface area (Å²) in [5, 5.41) is 2.78. The second-order valence-corrected chi connectivity index (χ2v) is 3.43. The van der Waals surface area contributed by atoms with Gasteiger partial charge in [0.2, 0.25) is 5.91 Å². The quantitative estimate of drug-likeness (QED) is 0.624. The molecule has 1 amide bonds. The summed E-state index contributed by atoms with van der Waals surface area (Å²) in [4.78, 5) is 11.1. The molecule has 3 nitrogen and oxygen atoms in total. The minimum atomic E-state index is -0.105. The highest BCUT2D eigenvalue weighted by Gasteiger charge is 2.08. The second kappa shape index (κ2) is 6.53. The number of rotatable bonds is 5. The molecule has 0 unspecified atom stereocenters. The van der Waals surface area contributed by atoms with Gasteiger partial charge in [0.15, 0.2) is 0 Å². The summed E-state index contributed by atoms with van der Waals surface area (Å²) in [6, 6.07) is 7.51. The first-order chi connectivity index (χ1) is 8.19. The molecule has 3 heteroatoms. The van der Waals surface area contributed by atoms with Crippen molar-refractivity contribution in [3.63, 3.8) is 0 Å². The van der Waals surface area contributed by atoms with Crippen LogP contribution in [-0.4, -0.2) is 12.5 Å². The fraction of sp³-hybridized carbons (Fsp3) is 0.214. The van der Waals surface area contributed by atoms with Crippen molar-refractivity contribution in [1.82, 2.24) is 0 Å². The van der Waals surface area contributed by atoms with E-state index in [0.29, 0.717) is 12.4 Å². The van der Waals surface area contributed by atoms with Crippen LogP contribution in [0.5, 0.6) is 0 Å². The third-order valence-corrected chi connectivity index (χ3v) is 2.07. The molecule has 1 aromatic carbocycles. The first kappa shape index (κ1) is 13.0. The van der Waals surface area contributed by atoms with E-state index in [1.165, 1.54) is 6.92 Å². The number of nitrogens with one attached hydrogen (secondary N) is 1. The Kier molecular flexibility index (Phi) is 5.01. The number of amides is 1. The number of para-hydroxylation sites is 1. The van der Waals surface area contributed by atoms with Gasteiger partial charge in [0.1, 0.15) is 5.76 Å². The number of carbonyl (C=O) groups excluding carboxylic acids is 1. The zero-order valence-corrected chi connectivity index (χ0v) is 10.2. The standard InChI is InChI=1S/C14H17NO2/c1-4-8-14(17-5-2)12-9-6-7-10-13(12)15-11(3)16/h4,6-10H,1,5H2,2-3H3,(H,15,16)/b14-8-. The Balaban J connectivity index is 3.13. The summed E-state index contributed by atoms with van der Waals surface area (Å²) >= 11 is 0. The van der Waals surface area contributed by atoms with Crippen LogP contribution in [0.1, 0.15) is 19.4 Å². The van der Waals surface area contributed by atoms with Crippen LogP contribution < -0.4 is 5.32 Å². The molecule has 0 saturated carbocycles. The summed E-state index contributed by atoms with van der Waals surface area (Å²) in [6.45, 7) is 7.61. The van der Waals surface area contributed by atoms with Crippen LogP contribution in [0.2, 0.25) is 0 Å². The van der Waals surface area contributed by atoms with E-state index in [2.05, 4.69) is 11.9 Å². The van der Waals surface area contributed by atoms with Crippen LogP contribution >= 0.6 is 0 Å². The molecule has 0 heterocycles. The Morgan fingerprint density at radius 3 is 2.76 bits per heavy atom. The lowest BCUT2D eigenvalue weighted by atomic mass is 10.1. The van der Waals surface area contributed by atoms with Crippen LogP contribution in [0, 0.1) is 0 Å². The summed E-state index contributed by atoms with van der Waals surface area (Å²) in [7, 11) is 0. The van der Waals surface area contributed by atoms with Gasteiger partial charge in [-0.1, -0.05) is 24.8 Å². The maximum atomic E-state index is 11.1. The second-order valence-electron chi connectivity index (χ2n) is 3.43. The predicted molar refractivity (Wildman–Crippen MR) is 70.5 cm³/mol. The smallest absolute Gasteiger partial charge is 0.221 e. The van der Waals surface area contributed by atoms with Crippen LogP contribution in [0.25, 0.3) is 5.76 Å². The van der Waals surface area contributed by atoms with Gasteiger partial charge in [-0.25, -0.2) is 0 Å². The molecule has 1 aromatic rings. The third-order valence-electron chi connectivity index (χ3n) is 2.07. The molecule has 0 radical (unpaired) electrons. The number of hydrogen-bond donors (Lipinski definition) is 1. The molecule has 0 atom stereocenters. The van der Waals surface area contributed by atoms with E-state index in [4.69, 9.17) is 4.74 Å². The van der Waals surface area contributed by atoms with E-state index in [9.17, 15) is 4.79 Å². The Bertz CT molecular complexity index is 436. The van der Waals surface area contributed by atoms with E-state index in [1.807, 2.05) is 31.2 Å². The first-order valence-electron chi connectivity index (χ1n) is 5.51. The van der Waals surface area contributed by atoms with Gasteiger partial charge >= 0.3 is 0 Å². The van der Waals surface area contributed by atoms with Crippen molar-refractivity contribution in [3.05, 3.63) is 48.6 Å². The lowest BCUT2D eigenvalue weighted by Gasteiger charge is -2.13. The number of carbonyl (C=O) groups is 1. The largest absolute Gasteiger partial charge is 0.493 e. The van der Waals surface area contributed by atoms with E-state index in [1.54, 1.807) is 12.2 Å². The van der Waals surface area contributed by atoms with E-state index in [0.717, 1.165) is 11.3 Å². The summed E-state index contributed by atoms with van der Waals surface area (Å²) in [6.07, 6.45) is 3.44. The Labute approximate surface area is 102 Å². The molecule has 0 aromatic heterocycles. The van der Waals surface area contributed by atoms with Crippen molar-refractivity contribution in [2.75, 3.05) is 11.9 Å². The van der Waals surface area contributed by atoms with Gasteiger partial charge in [0.25, 0.3) is 0 Å². The molecule has 0 aliphatic rings. The predicted octanol–water partition coefficient (Wildman–Crippen LogP) is 3.21. The Hall–Kier alpha value is -2.03. The van der Waals surface area contributed by atoms with Crippen molar-refractivity contribution in [1.29, 1.82) is 0 Å². The lowest BCUT2D eigenvalue weighted by Crippen LogP contribution is -2.08. The van der Waals surface area contributed by atoms with Gasteiger partial charge in [-0.2, -0.15) is 0 Å². The molecule has 1 rings (SSSR count). The van der Waals surface area contributed by atoms with Crippen molar-refractivity contribution in [3.8, 4) is 0 Å². The SMILES string of the molecule is C=C/C=C(\OCC)c1ccccc1NC(C)=O. The number of hydrogen-bond acceptors (Lipinski definition) is 2. The molecule has 1 N–H and O–H groups in total. The molecule has 0 bridgehead atoms. The van der Waals surface area contributed by atoms with Crippen molar-refractivity contribution < 1.29 is 9.53 Å². The zero-order chi connectivity index (χ0) is 12.7. The molecule has 0 aliphatic carbocycles. The van der Waals surface area contributed by atoms with Crippen LogP contribution in [-0.2, 0) is 9.53 Å². The van der Waals surface area contributed by atoms with Crippen LogP contribution in [0.3, 0.4) is 0 Å². The van der Waals surface area contributed by atoms with Gasteiger partial charge in [-0.3, -0.25) is 4.79 Å². The van der Waals surface area contributed by atoms with E-state index < -0.39 is 0 Å². The molecule has 0 aliphatic heterocycles. The van der Waals surface area contributed by atoms with Crippen molar-refractivity contribution in [2.24, 2.45) is 0 Å². The average molecular weight is 231 g/mol. The lowest BCUT2D eigenvalue weighted by molar-refractivity contribution is -0.114. The molecular formula is C14H17NO2. The Morgan fingerprint density at radius 2 is 2.18 bits per heavy atom. The summed E-state index contributed by atoms with van der Waals surface area (Å²) < 4.78 is 5.53. The van der Waals surface area contributed by atoms with Gasteiger partial charge in [0, 0.05) is 12.5 Å². The fourth-order valence-corrected chi connectivity index (χ4v) is 1.47. The van der Waals surface area contributed by atoms with Crippen LogP contribution in [0.15, 0.2) is 43.0 Å². The van der Waals surface area contributed by atoms with E-state index >= 15 is 0 Å². The zero-order valence-electron chi connectivity index (χ0n) is 10.2. The van der Waals surface area contributed by atoms with Crippen molar-refractivity contribution in [2.45, 2.75) is 13.8 Å². The van der Waals surface area contributed by atoms with E-state index in [-0.39, 0.29) is 5.91 Å². The Morgan fingerprint density at radius 1 is 1.47 bits per heavy atom. The number of benzene rings is 1. The van der Waals surface area contributed by atoms with Gasteiger partial charge < -0.3 is 10.1 Å². The fourth-order valence-electron chi connectivity index (χ4n) is 1.47. The maximum Gasteiger partial charge on any atom is 0.221 e. The summed E-state index contributed by atoms with van der Waals surface area (Å²) in [5.41, 5.74) is 1.59. The highest BCUT2D eigenvalue weighted by molar-refractivity contribution is 5.92. The molecule has 17 heavy (non-hydrogen) atoms. The third kappa shape index (κ3) is 3.79. The number of allylic oxidation sites excluding steroid dienone is 2. The highest BCUT2D eigenvalue weighted by Crippen LogP contribution is 2.24. The maximum absolute atomic E-state index is 11.1. The van der Waals surface area contributed by atoms with Gasteiger partial charge in [-0.05, 0) is 25.1 Å². The molecular weight excluding hydrogens is 214 g/mol. The molecule has 90 valence electrons. The minimum Gasteiger partial charge on any atom is -0.493 e. The van der Waals surface area contributed by atoms with Gasteiger partial charge in [0.05, 0.1) is 12.3 Å². The molecule has 0 saturated heterocycles. The van der Waals surface area contributed by atoms with Gasteiger partial charge in [-0.15, -0.1) is 0 Å². The highest BCUT2D eigenvalue weighted by atomic mass is 16.5. The molecule has 0 fully saturated rings. The first-order valence-corrected chi connectivity index (χ1v) is 5.51. The average Bonchev–Trinajstić information content (AvgIpc) is 2.29. The topological polar surface area (TPSA) is 38.3 Å². The normalized spacial score (nSPS) is 10.8. The molecule has 0 spiro atoms.